The molecule has 0 fully saturated rings. The fourth-order valence-corrected chi connectivity index (χ4v) is 1.46. The third kappa shape index (κ3) is 5.78. The van der Waals surface area contributed by atoms with Crippen LogP contribution in [0.2, 0.25) is 0 Å². The predicted octanol–water partition coefficient (Wildman–Crippen LogP) is 0.247. The zero-order valence-corrected chi connectivity index (χ0v) is 11.8. The molecule has 1 amide bonds. The normalized spacial score (nSPS) is 10.9. The van der Waals surface area contributed by atoms with Gasteiger partial charge in [0.25, 0.3) is 5.91 Å². The van der Waals surface area contributed by atoms with Crippen LogP contribution >= 0.6 is 0 Å². The molecule has 0 heterocycles. The van der Waals surface area contributed by atoms with Crippen molar-refractivity contribution in [2.45, 2.75) is 19.9 Å². The van der Waals surface area contributed by atoms with Gasteiger partial charge < -0.3 is 20.0 Å². The summed E-state index contributed by atoms with van der Waals surface area (Å²) >= 11 is 0. The SMILES string of the molecule is CC(C)NC(=O)/C(C#N)=C/c1ccc(OCC(=O)[O-])cc1. The molecule has 1 aromatic rings. The van der Waals surface area contributed by atoms with Crippen LogP contribution in [0.5, 0.6) is 5.75 Å². The van der Waals surface area contributed by atoms with Crippen molar-refractivity contribution in [1.82, 2.24) is 5.32 Å². The van der Waals surface area contributed by atoms with Gasteiger partial charge in [-0.1, -0.05) is 12.1 Å². The minimum atomic E-state index is -1.31. The van der Waals surface area contributed by atoms with Gasteiger partial charge in [0.15, 0.2) is 0 Å². The van der Waals surface area contributed by atoms with Crippen LogP contribution in [-0.4, -0.2) is 24.5 Å². The van der Waals surface area contributed by atoms with Gasteiger partial charge in [0.05, 0.1) is 5.97 Å². The minimum Gasteiger partial charge on any atom is -0.546 e. The highest BCUT2D eigenvalue weighted by Crippen LogP contribution is 2.14. The fourth-order valence-electron chi connectivity index (χ4n) is 1.46. The number of hydrogen-bond acceptors (Lipinski definition) is 5. The van der Waals surface area contributed by atoms with E-state index >= 15 is 0 Å². The van der Waals surface area contributed by atoms with Gasteiger partial charge in [-0.25, -0.2) is 0 Å². The molecule has 1 rings (SSSR count). The second-order valence-electron chi connectivity index (χ2n) is 4.53. The van der Waals surface area contributed by atoms with Crippen molar-refractivity contribution in [1.29, 1.82) is 5.26 Å². The number of rotatable bonds is 6. The van der Waals surface area contributed by atoms with E-state index in [4.69, 9.17) is 10.00 Å². The van der Waals surface area contributed by atoms with Crippen molar-refractivity contribution in [2.24, 2.45) is 0 Å². The maximum atomic E-state index is 11.7. The molecule has 0 bridgehead atoms. The number of nitriles is 1. The number of nitrogens with zero attached hydrogens (tertiary/aromatic N) is 1. The van der Waals surface area contributed by atoms with Crippen LogP contribution in [0.25, 0.3) is 6.08 Å². The quantitative estimate of drug-likeness (QED) is 0.596. The van der Waals surface area contributed by atoms with Crippen LogP contribution in [0.15, 0.2) is 29.8 Å². The molecule has 0 spiro atoms. The number of hydrogen-bond donors (Lipinski definition) is 1. The molecule has 1 aromatic carbocycles. The first-order valence-corrected chi connectivity index (χ1v) is 6.27. The molecule has 0 aliphatic heterocycles. The first kappa shape index (κ1) is 16.2. The van der Waals surface area contributed by atoms with Gasteiger partial charge in [-0.2, -0.15) is 5.26 Å². The largest absolute Gasteiger partial charge is 0.546 e. The summed E-state index contributed by atoms with van der Waals surface area (Å²) in [5, 5.41) is 21.9. The van der Waals surface area contributed by atoms with Crippen molar-refractivity contribution in [3.8, 4) is 11.8 Å². The van der Waals surface area contributed by atoms with Gasteiger partial charge in [-0.05, 0) is 37.6 Å². The highest BCUT2D eigenvalue weighted by atomic mass is 16.5. The van der Waals surface area contributed by atoms with Gasteiger partial charge in [0.2, 0.25) is 0 Å². The lowest BCUT2D eigenvalue weighted by molar-refractivity contribution is -0.307. The van der Waals surface area contributed by atoms with Gasteiger partial charge in [-0.3, -0.25) is 4.79 Å². The van der Waals surface area contributed by atoms with Crippen LogP contribution in [0.3, 0.4) is 0 Å². The molecule has 0 saturated carbocycles. The van der Waals surface area contributed by atoms with Crippen molar-refractivity contribution < 1.29 is 19.4 Å². The topological polar surface area (TPSA) is 102 Å². The number of carboxylic acids is 1. The number of carbonyl (C=O) groups is 2. The zero-order valence-electron chi connectivity index (χ0n) is 11.8. The van der Waals surface area contributed by atoms with E-state index < -0.39 is 18.5 Å². The van der Waals surface area contributed by atoms with Crippen molar-refractivity contribution in [3.63, 3.8) is 0 Å². The first-order chi connectivity index (χ1) is 9.92. The Morgan fingerprint density at radius 3 is 2.48 bits per heavy atom. The molecule has 0 unspecified atom stereocenters. The standard InChI is InChI=1S/C15H16N2O4/c1-10(2)17-15(20)12(8-16)7-11-3-5-13(6-4-11)21-9-14(18)19/h3-7,10H,9H2,1-2H3,(H,17,20)(H,18,19)/p-1/b12-7+. The molecule has 0 saturated heterocycles. The molecule has 1 N–H and O–H groups in total. The molecule has 6 heteroatoms. The monoisotopic (exact) mass is 287 g/mol. The summed E-state index contributed by atoms with van der Waals surface area (Å²) in [7, 11) is 0. The summed E-state index contributed by atoms with van der Waals surface area (Å²) in [6.45, 7) is 3.07. The number of carboxylic acid groups (broad SMARTS) is 1. The Kier molecular flexibility index (Phi) is 5.96. The van der Waals surface area contributed by atoms with Gasteiger partial charge in [-0.15, -0.1) is 0 Å². The number of amides is 1. The summed E-state index contributed by atoms with van der Waals surface area (Å²) in [6.07, 6.45) is 1.44. The molecule has 0 aliphatic rings. The van der Waals surface area contributed by atoms with Gasteiger partial charge in [0, 0.05) is 6.04 Å². The predicted molar refractivity (Wildman–Crippen MR) is 73.8 cm³/mol. The van der Waals surface area contributed by atoms with Crippen LogP contribution in [-0.2, 0) is 9.59 Å². The third-order valence-corrected chi connectivity index (χ3v) is 2.33. The molecule has 0 aliphatic carbocycles. The third-order valence-electron chi connectivity index (χ3n) is 2.33. The summed E-state index contributed by atoms with van der Waals surface area (Å²) in [6, 6.07) is 8.10. The highest BCUT2D eigenvalue weighted by molar-refractivity contribution is 6.01. The Hall–Kier alpha value is -2.81. The Bertz CT molecular complexity index is 583. The number of aliphatic carboxylic acids is 1. The number of ether oxygens (including phenoxy) is 1. The maximum Gasteiger partial charge on any atom is 0.262 e. The molecule has 0 atom stereocenters. The lowest BCUT2D eigenvalue weighted by atomic mass is 10.1. The van der Waals surface area contributed by atoms with E-state index in [0.717, 1.165) is 0 Å². The molecule has 0 aromatic heterocycles. The average molecular weight is 287 g/mol. The maximum absolute atomic E-state index is 11.7. The number of benzene rings is 1. The van der Waals surface area contributed by atoms with Crippen LogP contribution in [0, 0.1) is 11.3 Å². The summed E-state index contributed by atoms with van der Waals surface area (Å²) in [5.74, 6) is -1.39. The van der Waals surface area contributed by atoms with Crippen molar-refractivity contribution in [3.05, 3.63) is 35.4 Å². The van der Waals surface area contributed by atoms with Crippen molar-refractivity contribution in [2.75, 3.05) is 6.61 Å². The number of nitrogens with one attached hydrogen (secondary N) is 1. The lowest BCUT2D eigenvalue weighted by Crippen LogP contribution is -2.30. The first-order valence-electron chi connectivity index (χ1n) is 6.27. The second kappa shape index (κ2) is 7.70. The molecule has 0 radical (unpaired) electrons. The van der Waals surface area contributed by atoms with Crippen molar-refractivity contribution >= 4 is 18.0 Å². The van der Waals surface area contributed by atoms with E-state index in [-0.39, 0.29) is 11.6 Å². The summed E-state index contributed by atoms with van der Waals surface area (Å²) < 4.78 is 4.93. The van der Waals surface area contributed by atoms with Crippen LogP contribution in [0.1, 0.15) is 19.4 Å². The summed E-state index contributed by atoms with van der Waals surface area (Å²) in [4.78, 5) is 22.0. The Labute approximate surface area is 122 Å². The minimum absolute atomic E-state index is 0.00731. The molecule has 21 heavy (non-hydrogen) atoms. The van der Waals surface area contributed by atoms with Gasteiger partial charge >= 0.3 is 0 Å². The van der Waals surface area contributed by atoms with Gasteiger partial charge in [0.1, 0.15) is 24.0 Å². The zero-order chi connectivity index (χ0) is 15.8. The Balaban J connectivity index is 2.80. The molecular weight excluding hydrogens is 272 g/mol. The van der Waals surface area contributed by atoms with E-state index in [9.17, 15) is 14.7 Å². The van der Waals surface area contributed by atoms with E-state index in [2.05, 4.69) is 5.32 Å². The average Bonchev–Trinajstić information content (AvgIpc) is 2.42. The Morgan fingerprint density at radius 1 is 1.38 bits per heavy atom. The van der Waals surface area contributed by atoms with E-state index in [1.54, 1.807) is 38.1 Å². The smallest absolute Gasteiger partial charge is 0.262 e. The van der Waals surface area contributed by atoms with Crippen LogP contribution < -0.4 is 15.2 Å². The molecule has 6 nitrogen and oxygen atoms in total. The van der Waals surface area contributed by atoms with E-state index in [1.807, 2.05) is 6.07 Å². The molecule has 110 valence electrons. The van der Waals surface area contributed by atoms with Crippen LogP contribution in [0.4, 0.5) is 0 Å². The molecular formula is C15H15N2O4-. The fraction of sp³-hybridized carbons (Fsp3) is 0.267. The number of carbonyl (C=O) groups excluding carboxylic acids is 2. The highest BCUT2D eigenvalue weighted by Gasteiger charge is 2.09. The summed E-state index contributed by atoms with van der Waals surface area (Å²) in [5.41, 5.74) is 0.623. The lowest BCUT2D eigenvalue weighted by Gasteiger charge is -2.08. The van der Waals surface area contributed by atoms with E-state index in [0.29, 0.717) is 11.3 Å². The Morgan fingerprint density at radius 2 is 2.00 bits per heavy atom. The van der Waals surface area contributed by atoms with E-state index in [1.165, 1.54) is 6.08 Å². The second-order valence-corrected chi connectivity index (χ2v) is 4.53.